The summed E-state index contributed by atoms with van der Waals surface area (Å²) in [6, 6.07) is 0. The number of carbonyl (C=O) groups is 1. The molecular weight excluding hydrogens is 320 g/mol. The van der Waals surface area contributed by atoms with Crippen LogP contribution in [0.4, 0.5) is 0 Å². The summed E-state index contributed by atoms with van der Waals surface area (Å²) in [5.41, 5.74) is 1.10. The van der Waals surface area contributed by atoms with Crippen LogP contribution in [0.25, 0.3) is 0 Å². The van der Waals surface area contributed by atoms with Gasteiger partial charge < -0.3 is 5.11 Å². The van der Waals surface area contributed by atoms with Crippen LogP contribution < -0.4 is 0 Å². The van der Waals surface area contributed by atoms with Crippen molar-refractivity contribution in [3.63, 3.8) is 0 Å². The monoisotopic (exact) mass is 348 g/mol. The van der Waals surface area contributed by atoms with Crippen LogP contribution in [-0.4, -0.2) is 22.4 Å². The van der Waals surface area contributed by atoms with Crippen LogP contribution in [0.1, 0.15) is 58.8 Å². The minimum atomic E-state index is -0.666. The summed E-state index contributed by atoms with van der Waals surface area (Å²) in [4.78, 5) is 11.9. The Bertz CT molecular complexity index is 642. The number of hydrogen-bond acceptors (Lipinski definition) is 2. The van der Waals surface area contributed by atoms with E-state index in [-0.39, 0.29) is 5.41 Å². The van der Waals surface area contributed by atoms with Gasteiger partial charge in [0, 0.05) is 11.8 Å². The van der Waals surface area contributed by atoms with E-state index in [1.54, 1.807) is 0 Å². The molecule has 0 amide bonds. The van der Waals surface area contributed by atoms with Crippen molar-refractivity contribution in [1.29, 1.82) is 0 Å². The summed E-state index contributed by atoms with van der Waals surface area (Å²) in [5.74, 6) is 4.11. The lowest BCUT2D eigenvalue weighted by atomic mass is 9.46. The zero-order valence-electron chi connectivity index (χ0n) is 14.9. The summed E-state index contributed by atoms with van der Waals surface area (Å²) in [6.07, 6.45) is 9.42. The lowest BCUT2D eigenvalue weighted by Gasteiger charge is -2.59. The molecule has 4 saturated carbocycles. The number of carbonyl (C=O) groups excluding carboxylic acids is 1. The van der Waals surface area contributed by atoms with Gasteiger partial charge in [-0.2, -0.15) is 0 Å². The lowest BCUT2D eigenvalue weighted by Crippen LogP contribution is -2.58. The first kappa shape index (κ1) is 15.9. The van der Waals surface area contributed by atoms with Gasteiger partial charge in [0.05, 0.1) is 11.5 Å². The van der Waals surface area contributed by atoms with Gasteiger partial charge in [-0.3, -0.25) is 4.79 Å². The van der Waals surface area contributed by atoms with Crippen molar-refractivity contribution in [2.75, 3.05) is 5.88 Å². The molecule has 1 N–H and O–H groups in total. The van der Waals surface area contributed by atoms with Crippen molar-refractivity contribution >= 4 is 17.4 Å². The first-order chi connectivity index (χ1) is 11.4. The standard InChI is InChI=1S/C21H29ClO2/c1-12-7-13-8-15(23)3-4-16(13)17-5-6-19(2)20(24,11-22)9-14-10-21(14,19)18(12)17/h8,12,14,16-18,24H,3-7,9-11H2,1-2H3/t12-,14-,16+,17-,18-,19-,20+,21-/m1/s1. The third kappa shape index (κ3) is 1.62. The Morgan fingerprint density at radius 1 is 1.33 bits per heavy atom. The fourth-order valence-electron chi connectivity index (χ4n) is 8.25. The van der Waals surface area contributed by atoms with Crippen LogP contribution in [0, 0.1) is 40.4 Å². The van der Waals surface area contributed by atoms with Gasteiger partial charge in [-0.1, -0.05) is 19.4 Å². The third-order valence-corrected chi connectivity index (χ3v) is 9.70. The molecule has 0 unspecified atom stereocenters. The Balaban J connectivity index is 1.57. The second kappa shape index (κ2) is 4.68. The number of alkyl halides is 1. The van der Waals surface area contributed by atoms with Gasteiger partial charge >= 0.3 is 0 Å². The van der Waals surface area contributed by atoms with E-state index in [9.17, 15) is 9.90 Å². The van der Waals surface area contributed by atoms with Crippen molar-refractivity contribution in [2.45, 2.75) is 64.4 Å². The first-order valence-electron chi connectivity index (χ1n) is 9.88. The van der Waals surface area contributed by atoms with Gasteiger partial charge in [0.1, 0.15) is 0 Å². The summed E-state index contributed by atoms with van der Waals surface area (Å²) >= 11 is 6.28. The van der Waals surface area contributed by atoms with Crippen LogP contribution in [0.3, 0.4) is 0 Å². The SMILES string of the molecule is C[C@@H]1CC2=CC(=O)CC[C@@H]2[C@H]2CC[C@]3(C)[C@@](O)(CCl)C[C@@H]4C[C@]43[C@@H]21. The summed E-state index contributed by atoms with van der Waals surface area (Å²) in [5, 5.41) is 11.3. The summed E-state index contributed by atoms with van der Waals surface area (Å²) in [6.45, 7) is 4.75. The van der Waals surface area contributed by atoms with E-state index in [0.29, 0.717) is 40.7 Å². The van der Waals surface area contributed by atoms with Crippen molar-refractivity contribution in [2.24, 2.45) is 40.4 Å². The van der Waals surface area contributed by atoms with Crippen LogP contribution in [0.2, 0.25) is 0 Å². The molecule has 24 heavy (non-hydrogen) atoms. The Hall–Kier alpha value is -0.340. The molecule has 5 aliphatic carbocycles. The minimum Gasteiger partial charge on any atom is -0.388 e. The smallest absolute Gasteiger partial charge is 0.155 e. The number of ketones is 1. The molecule has 3 heteroatoms. The molecule has 0 radical (unpaired) electrons. The molecule has 0 bridgehead atoms. The Kier molecular flexibility index (Phi) is 3.10. The predicted molar refractivity (Wildman–Crippen MR) is 94.7 cm³/mol. The minimum absolute atomic E-state index is 0.00640. The fourth-order valence-corrected chi connectivity index (χ4v) is 8.66. The van der Waals surface area contributed by atoms with Crippen LogP contribution >= 0.6 is 11.6 Å². The highest BCUT2D eigenvalue weighted by atomic mass is 35.5. The van der Waals surface area contributed by atoms with Gasteiger partial charge in [-0.15, -0.1) is 11.6 Å². The highest BCUT2D eigenvalue weighted by Gasteiger charge is 2.81. The average Bonchev–Trinajstić information content (AvgIpc) is 3.19. The molecule has 4 fully saturated rings. The molecule has 2 nitrogen and oxygen atoms in total. The molecule has 5 rings (SSSR count). The van der Waals surface area contributed by atoms with E-state index < -0.39 is 5.60 Å². The number of halogens is 1. The van der Waals surface area contributed by atoms with E-state index in [2.05, 4.69) is 13.8 Å². The molecule has 0 aromatic rings. The molecule has 0 heterocycles. The second-order valence-electron chi connectivity index (χ2n) is 9.88. The number of aliphatic hydroxyl groups is 1. The summed E-state index contributed by atoms with van der Waals surface area (Å²) < 4.78 is 0. The Morgan fingerprint density at radius 2 is 2.12 bits per heavy atom. The van der Waals surface area contributed by atoms with Crippen LogP contribution in [0.5, 0.6) is 0 Å². The van der Waals surface area contributed by atoms with Gasteiger partial charge in [0.25, 0.3) is 0 Å². The molecule has 0 aliphatic heterocycles. The van der Waals surface area contributed by atoms with Crippen molar-refractivity contribution in [3.8, 4) is 0 Å². The highest BCUT2D eigenvalue weighted by molar-refractivity contribution is 6.18. The number of fused-ring (bicyclic) bond motifs is 3. The molecular formula is C21H29ClO2. The number of hydrogen-bond donors (Lipinski definition) is 1. The second-order valence-corrected chi connectivity index (χ2v) is 10.2. The van der Waals surface area contributed by atoms with E-state index in [1.165, 1.54) is 18.4 Å². The lowest BCUT2D eigenvalue weighted by molar-refractivity contribution is -0.143. The van der Waals surface area contributed by atoms with Gasteiger partial charge in [-0.25, -0.2) is 0 Å². The first-order valence-corrected chi connectivity index (χ1v) is 10.4. The molecule has 8 atom stereocenters. The molecule has 0 saturated heterocycles. The Labute approximate surface area is 150 Å². The molecule has 132 valence electrons. The fraction of sp³-hybridized carbons (Fsp3) is 0.857. The van der Waals surface area contributed by atoms with Crippen molar-refractivity contribution in [3.05, 3.63) is 11.6 Å². The third-order valence-electron chi connectivity index (χ3n) is 9.26. The van der Waals surface area contributed by atoms with Crippen LogP contribution in [0.15, 0.2) is 11.6 Å². The normalized spacial score (nSPS) is 58.2. The highest BCUT2D eigenvalue weighted by Crippen LogP contribution is 2.84. The van der Waals surface area contributed by atoms with E-state index in [0.717, 1.165) is 38.0 Å². The van der Waals surface area contributed by atoms with E-state index in [4.69, 9.17) is 11.6 Å². The zero-order valence-corrected chi connectivity index (χ0v) is 15.6. The van der Waals surface area contributed by atoms with Gasteiger partial charge in [0.15, 0.2) is 5.78 Å². The molecule has 0 aromatic carbocycles. The number of allylic oxidation sites excluding steroid dienone is 1. The topological polar surface area (TPSA) is 37.3 Å². The van der Waals surface area contributed by atoms with E-state index >= 15 is 0 Å². The maximum absolute atomic E-state index is 11.9. The number of rotatable bonds is 1. The molecule has 1 spiro atoms. The zero-order chi connectivity index (χ0) is 16.9. The molecule has 0 aromatic heterocycles. The van der Waals surface area contributed by atoms with Crippen LogP contribution in [-0.2, 0) is 4.79 Å². The quantitative estimate of drug-likeness (QED) is 0.715. The Morgan fingerprint density at radius 3 is 2.88 bits per heavy atom. The predicted octanol–water partition coefficient (Wildman–Crippen LogP) is 4.34. The van der Waals surface area contributed by atoms with Gasteiger partial charge in [-0.05, 0) is 79.6 Å². The molecule has 5 aliphatic rings. The maximum Gasteiger partial charge on any atom is 0.155 e. The van der Waals surface area contributed by atoms with Crippen molar-refractivity contribution < 1.29 is 9.90 Å². The van der Waals surface area contributed by atoms with Gasteiger partial charge in [0.2, 0.25) is 0 Å². The maximum atomic E-state index is 11.9. The average molecular weight is 349 g/mol. The van der Waals surface area contributed by atoms with Crippen molar-refractivity contribution in [1.82, 2.24) is 0 Å². The largest absolute Gasteiger partial charge is 0.388 e. The summed E-state index contributed by atoms with van der Waals surface area (Å²) in [7, 11) is 0. The van der Waals surface area contributed by atoms with E-state index in [1.807, 2.05) is 6.08 Å².